The van der Waals surface area contributed by atoms with Crippen molar-refractivity contribution < 1.29 is 9.84 Å². The Bertz CT molecular complexity index is 538. The lowest BCUT2D eigenvalue weighted by Gasteiger charge is -2.19. The summed E-state index contributed by atoms with van der Waals surface area (Å²) in [5.74, 6) is 0.717. The summed E-state index contributed by atoms with van der Waals surface area (Å²) in [5.41, 5.74) is 1.90. The van der Waals surface area contributed by atoms with Gasteiger partial charge >= 0.3 is 0 Å². The number of ether oxygens (including phenoxy) is 1. The van der Waals surface area contributed by atoms with E-state index in [2.05, 4.69) is 15.9 Å². The molecule has 0 saturated heterocycles. The fourth-order valence-electron chi connectivity index (χ4n) is 1.94. The molecule has 1 unspecified atom stereocenters. The van der Waals surface area contributed by atoms with Gasteiger partial charge in [-0.15, -0.1) is 0 Å². The van der Waals surface area contributed by atoms with Crippen molar-refractivity contribution >= 4 is 15.9 Å². The van der Waals surface area contributed by atoms with Crippen LogP contribution in [-0.4, -0.2) is 5.11 Å². The van der Waals surface area contributed by atoms with Crippen LogP contribution in [0.1, 0.15) is 37.2 Å². The summed E-state index contributed by atoms with van der Waals surface area (Å²) < 4.78 is 6.90. The van der Waals surface area contributed by atoms with E-state index in [1.165, 1.54) is 0 Å². The van der Waals surface area contributed by atoms with Crippen LogP contribution >= 0.6 is 15.9 Å². The molecule has 2 atom stereocenters. The predicted octanol–water partition coefficient (Wildman–Crippen LogP) is 4.64. The minimum absolute atomic E-state index is 0.0557. The third-order valence-corrected chi connectivity index (χ3v) is 3.49. The van der Waals surface area contributed by atoms with Crippen molar-refractivity contribution in [2.75, 3.05) is 0 Å². The second kappa shape index (κ2) is 6.22. The molecule has 0 aliphatic carbocycles. The minimum atomic E-state index is -0.560. The smallest absolute Gasteiger partial charge is 0.126 e. The highest BCUT2D eigenvalue weighted by atomic mass is 79.9. The van der Waals surface area contributed by atoms with E-state index in [-0.39, 0.29) is 6.10 Å². The van der Waals surface area contributed by atoms with E-state index in [1.54, 1.807) is 6.92 Å². The maximum absolute atomic E-state index is 9.81. The lowest BCUT2D eigenvalue weighted by molar-refractivity contribution is 0.179. The Morgan fingerprint density at radius 2 is 1.74 bits per heavy atom. The topological polar surface area (TPSA) is 29.5 Å². The molecule has 2 aromatic rings. The average Bonchev–Trinajstić information content (AvgIpc) is 2.41. The summed E-state index contributed by atoms with van der Waals surface area (Å²) in [6.07, 6.45) is -0.615. The predicted molar refractivity (Wildman–Crippen MR) is 80.3 cm³/mol. The summed E-state index contributed by atoms with van der Waals surface area (Å²) in [4.78, 5) is 0. The molecule has 0 heterocycles. The van der Waals surface area contributed by atoms with Crippen LogP contribution in [0.4, 0.5) is 0 Å². The molecule has 0 spiro atoms. The molecule has 2 nitrogen and oxygen atoms in total. The third-order valence-electron chi connectivity index (χ3n) is 2.99. The second-order valence-electron chi connectivity index (χ2n) is 4.53. The molecule has 19 heavy (non-hydrogen) atoms. The van der Waals surface area contributed by atoms with E-state index in [9.17, 15) is 5.11 Å². The lowest BCUT2D eigenvalue weighted by atomic mass is 10.1. The van der Waals surface area contributed by atoms with Gasteiger partial charge in [-0.2, -0.15) is 0 Å². The SMILES string of the molecule is CC(Oc1ccc(Br)cc1[C@H](C)O)c1ccccc1. The fraction of sp³-hybridized carbons (Fsp3) is 0.250. The first-order valence-electron chi connectivity index (χ1n) is 6.27. The van der Waals surface area contributed by atoms with Crippen molar-refractivity contribution in [3.8, 4) is 5.75 Å². The Balaban J connectivity index is 2.24. The Hall–Kier alpha value is -1.32. The Morgan fingerprint density at radius 3 is 2.37 bits per heavy atom. The normalized spacial score (nSPS) is 13.9. The van der Waals surface area contributed by atoms with Crippen LogP contribution in [-0.2, 0) is 0 Å². The maximum atomic E-state index is 9.81. The number of hydrogen-bond donors (Lipinski definition) is 1. The highest BCUT2D eigenvalue weighted by Crippen LogP contribution is 2.31. The quantitative estimate of drug-likeness (QED) is 0.889. The van der Waals surface area contributed by atoms with Gasteiger partial charge in [0.05, 0.1) is 6.10 Å². The van der Waals surface area contributed by atoms with Crippen molar-refractivity contribution in [3.63, 3.8) is 0 Å². The van der Waals surface area contributed by atoms with Crippen LogP contribution in [0.25, 0.3) is 0 Å². The Kier molecular flexibility index (Phi) is 4.61. The first-order chi connectivity index (χ1) is 9.08. The Labute approximate surface area is 122 Å². The van der Waals surface area contributed by atoms with Crippen LogP contribution < -0.4 is 4.74 Å². The molecule has 2 aromatic carbocycles. The molecule has 0 amide bonds. The van der Waals surface area contributed by atoms with Gasteiger partial charge in [-0.25, -0.2) is 0 Å². The van der Waals surface area contributed by atoms with Crippen molar-refractivity contribution in [2.24, 2.45) is 0 Å². The van der Waals surface area contributed by atoms with Crippen molar-refractivity contribution in [1.29, 1.82) is 0 Å². The summed E-state index contributed by atoms with van der Waals surface area (Å²) in [5, 5.41) is 9.81. The molecule has 0 radical (unpaired) electrons. The van der Waals surface area contributed by atoms with E-state index in [0.29, 0.717) is 0 Å². The number of rotatable bonds is 4. The summed E-state index contributed by atoms with van der Waals surface area (Å²) >= 11 is 3.41. The first kappa shape index (κ1) is 14.1. The van der Waals surface area contributed by atoms with Gasteiger partial charge in [0.25, 0.3) is 0 Å². The average molecular weight is 321 g/mol. The number of hydrogen-bond acceptors (Lipinski definition) is 2. The zero-order chi connectivity index (χ0) is 13.8. The highest BCUT2D eigenvalue weighted by Gasteiger charge is 2.13. The van der Waals surface area contributed by atoms with Gasteiger partial charge < -0.3 is 9.84 Å². The van der Waals surface area contributed by atoms with Crippen molar-refractivity contribution in [2.45, 2.75) is 26.1 Å². The zero-order valence-corrected chi connectivity index (χ0v) is 12.6. The van der Waals surface area contributed by atoms with Gasteiger partial charge in [-0.05, 0) is 37.6 Å². The minimum Gasteiger partial charge on any atom is -0.486 e. The van der Waals surface area contributed by atoms with Crippen LogP contribution in [0.15, 0.2) is 53.0 Å². The van der Waals surface area contributed by atoms with E-state index in [4.69, 9.17) is 4.74 Å². The molecule has 0 aliphatic heterocycles. The lowest BCUT2D eigenvalue weighted by Crippen LogP contribution is -2.06. The highest BCUT2D eigenvalue weighted by molar-refractivity contribution is 9.10. The number of benzene rings is 2. The number of aliphatic hydroxyl groups excluding tert-OH is 1. The zero-order valence-electron chi connectivity index (χ0n) is 11.0. The van der Waals surface area contributed by atoms with E-state index in [1.807, 2.05) is 55.5 Å². The standard InChI is InChI=1S/C16H17BrO2/c1-11(18)15-10-14(17)8-9-16(15)19-12(2)13-6-4-3-5-7-13/h3-12,18H,1-2H3/t11-,12?/m0/s1. The van der Waals surface area contributed by atoms with Crippen molar-refractivity contribution in [3.05, 3.63) is 64.1 Å². The molecule has 1 N–H and O–H groups in total. The van der Waals surface area contributed by atoms with E-state index in [0.717, 1.165) is 21.3 Å². The Morgan fingerprint density at radius 1 is 1.05 bits per heavy atom. The number of aliphatic hydroxyl groups is 1. The van der Waals surface area contributed by atoms with Crippen LogP contribution in [0.3, 0.4) is 0 Å². The molecule has 0 bridgehead atoms. The fourth-order valence-corrected chi connectivity index (χ4v) is 2.31. The molecule has 0 aromatic heterocycles. The van der Waals surface area contributed by atoms with Crippen LogP contribution in [0.2, 0.25) is 0 Å². The van der Waals surface area contributed by atoms with Gasteiger partial charge in [0.15, 0.2) is 0 Å². The summed E-state index contributed by atoms with van der Waals surface area (Å²) in [6.45, 7) is 3.74. The van der Waals surface area contributed by atoms with Crippen LogP contribution in [0.5, 0.6) is 5.75 Å². The van der Waals surface area contributed by atoms with Gasteiger partial charge in [-0.3, -0.25) is 0 Å². The monoisotopic (exact) mass is 320 g/mol. The second-order valence-corrected chi connectivity index (χ2v) is 5.44. The van der Waals surface area contributed by atoms with Gasteiger partial charge in [0.1, 0.15) is 11.9 Å². The molecule has 100 valence electrons. The van der Waals surface area contributed by atoms with Gasteiger partial charge in [-0.1, -0.05) is 46.3 Å². The summed E-state index contributed by atoms with van der Waals surface area (Å²) in [7, 11) is 0. The van der Waals surface area contributed by atoms with E-state index < -0.39 is 6.10 Å². The number of halogens is 1. The maximum Gasteiger partial charge on any atom is 0.126 e. The molecule has 2 rings (SSSR count). The molecular weight excluding hydrogens is 304 g/mol. The molecule has 0 saturated carbocycles. The largest absolute Gasteiger partial charge is 0.486 e. The molecule has 0 fully saturated rings. The summed E-state index contributed by atoms with van der Waals surface area (Å²) in [6, 6.07) is 15.7. The van der Waals surface area contributed by atoms with E-state index >= 15 is 0 Å². The van der Waals surface area contributed by atoms with Crippen LogP contribution in [0, 0.1) is 0 Å². The van der Waals surface area contributed by atoms with Gasteiger partial charge in [0.2, 0.25) is 0 Å². The van der Waals surface area contributed by atoms with Crippen molar-refractivity contribution in [1.82, 2.24) is 0 Å². The van der Waals surface area contributed by atoms with Gasteiger partial charge in [0, 0.05) is 10.0 Å². The third kappa shape index (κ3) is 3.58. The molecule has 0 aliphatic rings. The molecular formula is C16H17BrO2. The molecule has 3 heteroatoms. The first-order valence-corrected chi connectivity index (χ1v) is 7.06.